The second kappa shape index (κ2) is 13.6. The standard InChI is InChI=1S/C30H28F3N3O6S/c1-3-40-23-15-9-21(10-16-23)34-26(37)17-25-27(38)36(22-11-7-20(8-12-22)28(39)41-4-2)29(43)35(25)18-19-5-13-24(14-6-19)42-30(31,32)33/h5-16,25H,3-4,17-18H2,1-2H3,(H,34,37)/t25-/m0/s1. The number of carbonyl (C=O) groups excluding carboxylic acids is 3. The Kier molecular flexibility index (Phi) is 9.86. The number of alkyl halides is 3. The van der Waals surface area contributed by atoms with Crippen LogP contribution in [0.2, 0.25) is 0 Å². The molecule has 0 aliphatic carbocycles. The third-order valence-corrected chi connectivity index (χ3v) is 6.71. The summed E-state index contributed by atoms with van der Waals surface area (Å²) in [6.45, 7) is 4.26. The van der Waals surface area contributed by atoms with Crippen molar-refractivity contribution in [3.05, 3.63) is 83.9 Å². The van der Waals surface area contributed by atoms with E-state index in [4.69, 9.17) is 21.7 Å². The summed E-state index contributed by atoms with van der Waals surface area (Å²) >= 11 is 5.66. The number of ether oxygens (including phenoxy) is 3. The zero-order valence-corrected chi connectivity index (χ0v) is 24.0. The van der Waals surface area contributed by atoms with E-state index in [1.54, 1.807) is 43.3 Å². The molecule has 13 heteroatoms. The Balaban J connectivity index is 1.57. The Morgan fingerprint density at radius 1 is 0.907 bits per heavy atom. The molecule has 0 aromatic heterocycles. The summed E-state index contributed by atoms with van der Waals surface area (Å²) in [6, 6.07) is 17.0. The number of nitrogens with one attached hydrogen (secondary N) is 1. The van der Waals surface area contributed by atoms with Gasteiger partial charge in [0.1, 0.15) is 17.5 Å². The van der Waals surface area contributed by atoms with Gasteiger partial charge in [0.05, 0.1) is 30.9 Å². The van der Waals surface area contributed by atoms with E-state index in [0.717, 1.165) is 12.1 Å². The van der Waals surface area contributed by atoms with Gasteiger partial charge in [-0.05, 0) is 92.3 Å². The summed E-state index contributed by atoms with van der Waals surface area (Å²) in [5.41, 5.74) is 1.68. The molecule has 226 valence electrons. The van der Waals surface area contributed by atoms with Gasteiger partial charge in [-0.25, -0.2) is 4.79 Å². The number of esters is 1. The summed E-state index contributed by atoms with van der Waals surface area (Å²) in [6.07, 6.45) is -5.10. The van der Waals surface area contributed by atoms with Crippen molar-refractivity contribution in [2.24, 2.45) is 0 Å². The van der Waals surface area contributed by atoms with E-state index in [9.17, 15) is 27.6 Å². The van der Waals surface area contributed by atoms with Crippen LogP contribution in [-0.2, 0) is 20.9 Å². The van der Waals surface area contributed by atoms with Crippen molar-refractivity contribution in [3.63, 3.8) is 0 Å². The molecule has 1 N–H and O–H groups in total. The minimum Gasteiger partial charge on any atom is -0.494 e. The molecule has 1 aliphatic heterocycles. The van der Waals surface area contributed by atoms with Gasteiger partial charge in [-0.3, -0.25) is 14.5 Å². The monoisotopic (exact) mass is 615 g/mol. The van der Waals surface area contributed by atoms with Crippen LogP contribution in [0.15, 0.2) is 72.8 Å². The number of hydrogen-bond donors (Lipinski definition) is 1. The zero-order chi connectivity index (χ0) is 31.1. The van der Waals surface area contributed by atoms with Crippen molar-refractivity contribution < 1.29 is 41.8 Å². The molecule has 43 heavy (non-hydrogen) atoms. The summed E-state index contributed by atoms with van der Waals surface area (Å²) in [4.78, 5) is 41.7. The van der Waals surface area contributed by atoms with E-state index in [0.29, 0.717) is 29.3 Å². The Morgan fingerprint density at radius 2 is 1.53 bits per heavy atom. The Morgan fingerprint density at radius 3 is 2.12 bits per heavy atom. The van der Waals surface area contributed by atoms with Crippen molar-refractivity contribution in [2.75, 3.05) is 23.4 Å². The Labute approximate surface area is 251 Å². The fourth-order valence-electron chi connectivity index (χ4n) is 4.39. The van der Waals surface area contributed by atoms with Crippen LogP contribution in [0.3, 0.4) is 0 Å². The second-order valence-electron chi connectivity index (χ2n) is 9.27. The fraction of sp³-hybridized carbons (Fsp3) is 0.267. The quantitative estimate of drug-likeness (QED) is 0.217. The lowest BCUT2D eigenvalue weighted by molar-refractivity contribution is -0.274. The van der Waals surface area contributed by atoms with Gasteiger partial charge in [-0.1, -0.05) is 12.1 Å². The van der Waals surface area contributed by atoms with E-state index >= 15 is 0 Å². The molecule has 0 spiro atoms. The number of thiocarbonyl (C=S) groups is 1. The lowest BCUT2D eigenvalue weighted by atomic mass is 10.1. The van der Waals surface area contributed by atoms with E-state index in [2.05, 4.69) is 10.1 Å². The SMILES string of the molecule is CCOC(=O)c1ccc(N2C(=O)[C@H](CC(=O)Nc3ccc(OCC)cc3)N(Cc3ccc(OC(F)(F)F)cc3)C2=S)cc1. The molecule has 4 rings (SSSR count). The first-order valence-electron chi connectivity index (χ1n) is 13.3. The normalized spacial score (nSPS) is 15.0. The number of hydrogen-bond acceptors (Lipinski definition) is 7. The number of rotatable bonds is 11. The molecule has 3 aromatic rings. The highest BCUT2D eigenvalue weighted by molar-refractivity contribution is 7.80. The van der Waals surface area contributed by atoms with Gasteiger partial charge in [-0.15, -0.1) is 13.2 Å². The van der Waals surface area contributed by atoms with Gasteiger partial charge in [0.15, 0.2) is 5.11 Å². The topological polar surface area (TPSA) is 97.4 Å². The summed E-state index contributed by atoms with van der Waals surface area (Å²) in [7, 11) is 0. The lowest BCUT2D eigenvalue weighted by Gasteiger charge is -2.24. The number of halogens is 3. The van der Waals surface area contributed by atoms with E-state index in [1.807, 2.05) is 6.92 Å². The van der Waals surface area contributed by atoms with E-state index in [1.165, 1.54) is 34.1 Å². The highest BCUT2D eigenvalue weighted by atomic mass is 32.1. The van der Waals surface area contributed by atoms with Gasteiger partial charge in [-0.2, -0.15) is 0 Å². The van der Waals surface area contributed by atoms with Gasteiger partial charge in [0, 0.05) is 12.2 Å². The van der Waals surface area contributed by atoms with Crippen LogP contribution in [0.4, 0.5) is 24.5 Å². The van der Waals surface area contributed by atoms with Crippen LogP contribution in [0, 0.1) is 0 Å². The number of carbonyl (C=O) groups is 3. The number of nitrogens with zero attached hydrogens (tertiary/aromatic N) is 2. The van der Waals surface area contributed by atoms with Crippen LogP contribution < -0.4 is 19.7 Å². The molecule has 1 aliphatic rings. The predicted molar refractivity (Wildman–Crippen MR) is 156 cm³/mol. The summed E-state index contributed by atoms with van der Waals surface area (Å²) < 4.78 is 52.2. The van der Waals surface area contributed by atoms with E-state index in [-0.39, 0.29) is 30.2 Å². The zero-order valence-electron chi connectivity index (χ0n) is 23.2. The first kappa shape index (κ1) is 31.3. The van der Waals surface area contributed by atoms with Crippen molar-refractivity contribution >= 4 is 46.5 Å². The van der Waals surface area contributed by atoms with Crippen LogP contribution >= 0.6 is 12.2 Å². The number of anilines is 2. The van der Waals surface area contributed by atoms with Crippen LogP contribution in [0.1, 0.15) is 36.2 Å². The molecule has 0 unspecified atom stereocenters. The Hall–Kier alpha value is -4.65. The highest BCUT2D eigenvalue weighted by Crippen LogP contribution is 2.30. The molecule has 3 aromatic carbocycles. The molecule has 1 fully saturated rings. The Bertz CT molecular complexity index is 1460. The van der Waals surface area contributed by atoms with Crippen molar-refractivity contribution in [3.8, 4) is 11.5 Å². The molecular weight excluding hydrogens is 587 g/mol. The van der Waals surface area contributed by atoms with Crippen molar-refractivity contribution in [1.82, 2.24) is 4.90 Å². The van der Waals surface area contributed by atoms with Gasteiger partial charge < -0.3 is 24.4 Å². The van der Waals surface area contributed by atoms with Crippen LogP contribution in [0.25, 0.3) is 0 Å². The third kappa shape index (κ3) is 8.01. The number of benzene rings is 3. The molecule has 1 heterocycles. The largest absolute Gasteiger partial charge is 0.573 e. The lowest BCUT2D eigenvalue weighted by Crippen LogP contribution is -2.37. The smallest absolute Gasteiger partial charge is 0.494 e. The highest BCUT2D eigenvalue weighted by Gasteiger charge is 2.44. The van der Waals surface area contributed by atoms with Gasteiger partial charge in [0.2, 0.25) is 5.91 Å². The predicted octanol–water partition coefficient (Wildman–Crippen LogP) is 5.69. The number of amides is 2. The maximum absolute atomic E-state index is 13.7. The van der Waals surface area contributed by atoms with Gasteiger partial charge >= 0.3 is 12.3 Å². The molecule has 2 amide bonds. The minimum absolute atomic E-state index is 0.0231. The first-order chi connectivity index (χ1) is 20.5. The average molecular weight is 616 g/mol. The third-order valence-electron chi connectivity index (χ3n) is 6.29. The van der Waals surface area contributed by atoms with Crippen molar-refractivity contribution in [2.45, 2.75) is 39.2 Å². The fourth-order valence-corrected chi connectivity index (χ4v) is 4.78. The van der Waals surface area contributed by atoms with Gasteiger partial charge in [0.25, 0.3) is 5.91 Å². The second-order valence-corrected chi connectivity index (χ2v) is 9.63. The van der Waals surface area contributed by atoms with Crippen LogP contribution in [0.5, 0.6) is 11.5 Å². The van der Waals surface area contributed by atoms with Crippen molar-refractivity contribution in [1.29, 1.82) is 0 Å². The molecule has 0 saturated carbocycles. The molecule has 1 saturated heterocycles. The molecular formula is C30H28F3N3O6S. The van der Waals surface area contributed by atoms with Crippen LogP contribution in [-0.4, -0.2) is 53.4 Å². The molecule has 0 radical (unpaired) electrons. The minimum atomic E-state index is -4.84. The maximum atomic E-state index is 13.7. The maximum Gasteiger partial charge on any atom is 0.573 e. The molecule has 0 bridgehead atoms. The van der Waals surface area contributed by atoms with E-state index < -0.39 is 35.9 Å². The molecule has 1 atom stereocenters. The summed E-state index contributed by atoms with van der Waals surface area (Å²) in [5.74, 6) is -1.21. The average Bonchev–Trinajstić information content (AvgIpc) is 3.18. The summed E-state index contributed by atoms with van der Waals surface area (Å²) in [5, 5.41) is 2.85. The first-order valence-corrected chi connectivity index (χ1v) is 13.7. The molecule has 9 nitrogen and oxygen atoms in total.